The number of hydrogen-bond donors (Lipinski definition) is 1. The average molecular weight is 214 g/mol. The average Bonchev–Trinajstić information content (AvgIpc) is 2.32. The molecule has 0 radical (unpaired) electrons. The molecule has 0 saturated carbocycles. The van der Waals surface area contributed by atoms with Crippen molar-refractivity contribution in [2.45, 2.75) is 25.0 Å². The SMILES string of the molecule is N#Cc1ccc2c(c1)CC[C@@H](N=[N+]=[N-])[C@H]2O. The van der Waals surface area contributed by atoms with E-state index in [1.54, 1.807) is 18.2 Å². The van der Waals surface area contributed by atoms with E-state index >= 15 is 0 Å². The molecule has 0 saturated heterocycles. The Balaban J connectivity index is 2.39. The summed E-state index contributed by atoms with van der Waals surface area (Å²) >= 11 is 0. The lowest BCUT2D eigenvalue weighted by Crippen LogP contribution is -2.23. The van der Waals surface area contributed by atoms with Crippen molar-refractivity contribution in [1.29, 1.82) is 5.26 Å². The van der Waals surface area contributed by atoms with Crippen LogP contribution in [0.5, 0.6) is 0 Å². The number of nitrogens with zero attached hydrogens (tertiary/aromatic N) is 4. The van der Waals surface area contributed by atoms with Gasteiger partial charge in [-0.2, -0.15) is 5.26 Å². The van der Waals surface area contributed by atoms with E-state index in [-0.39, 0.29) is 0 Å². The number of azide groups is 1. The predicted molar refractivity (Wildman–Crippen MR) is 57.4 cm³/mol. The van der Waals surface area contributed by atoms with Crippen LogP contribution in [-0.4, -0.2) is 11.1 Å². The smallest absolute Gasteiger partial charge is 0.0991 e. The zero-order valence-electron chi connectivity index (χ0n) is 8.54. The van der Waals surface area contributed by atoms with E-state index in [0.717, 1.165) is 17.5 Å². The van der Waals surface area contributed by atoms with Crippen molar-refractivity contribution in [3.05, 3.63) is 45.3 Å². The molecule has 1 aliphatic rings. The second-order valence-corrected chi connectivity index (χ2v) is 3.78. The van der Waals surface area contributed by atoms with Crippen molar-refractivity contribution in [3.8, 4) is 6.07 Å². The lowest BCUT2D eigenvalue weighted by atomic mass is 9.85. The summed E-state index contributed by atoms with van der Waals surface area (Å²) in [6.07, 6.45) is 0.589. The molecule has 0 heterocycles. The van der Waals surface area contributed by atoms with E-state index in [2.05, 4.69) is 16.1 Å². The molecule has 0 amide bonds. The first kappa shape index (κ1) is 10.5. The van der Waals surface area contributed by atoms with Gasteiger partial charge in [-0.3, -0.25) is 0 Å². The third-order valence-corrected chi connectivity index (χ3v) is 2.86. The van der Waals surface area contributed by atoms with Crippen LogP contribution in [0.15, 0.2) is 23.3 Å². The Labute approximate surface area is 92.6 Å². The second kappa shape index (κ2) is 4.23. The highest BCUT2D eigenvalue weighted by Crippen LogP contribution is 2.32. The van der Waals surface area contributed by atoms with Crippen LogP contribution in [-0.2, 0) is 6.42 Å². The molecule has 0 fully saturated rings. The van der Waals surface area contributed by atoms with Crippen molar-refractivity contribution >= 4 is 0 Å². The molecule has 80 valence electrons. The van der Waals surface area contributed by atoms with Gasteiger partial charge in [-0.25, -0.2) is 0 Å². The van der Waals surface area contributed by atoms with Crippen molar-refractivity contribution in [3.63, 3.8) is 0 Å². The molecule has 0 unspecified atom stereocenters. The number of aliphatic hydroxyl groups is 1. The Bertz CT molecular complexity index is 499. The first-order valence-corrected chi connectivity index (χ1v) is 5.01. The molecule has 1 aromatic carbocycles. The van der Waals surface area contributed by atoms with Gasteiger partial charge < -0.3 is 5.11 Å². The molecule has 16 heavy (non-hydrogen) atoms. The second-order valence-electron chi connectivity index (χ2n) is 3.78. The van der Waals surface area contributed by atoms with Crippen LogP contribution in [0.4, 0.5) is 0 Å². The molecule has 0 bridgehead atoms. The van der Waals surface area contributed by atoms with Crippen molar-refractivity contribution in [2.75, 3.05) is 0 Å². The molecule has 1 N–H and O–H groups in total. The number of benzene rings is 1. The summed E-state index contributed by atoms with van der Waals surface area (Å²) < 4.78 is 0. The summed E-state index contributed by atoms with van der Waals surface area (Å²) in [5, 5.41) is 22.3. The van der Waals surface area contributed by atoms with E-state index in [9.17, 15) is 5.11 Å². The van der Waals surface area contributed by atoms with Gasteiger partial charge in [0.05, 0.1) is 23.8 Å². The van der Waals surface area contributed by atoms with Crippen LogP contribution in [0.1, 0.15) is 29.2 Å². The number of aryl methyl sites for hydroxylation is 1. The quantitative estimate of drug-likeness (QED) is 0.441. The summed E-state index contributed by atoms with van der Waals surface area (Å²) in [7, 11) is 0. The molecule has 1 aromatic rings. The van der Waals surface area contributed by atoms with Crippen molar-refractivity contribution in [1.82, 2.24) is 0 Å². The van der Waals surface area contributed by atoms with Gasteiger partial charge in [0.1, 0.15) is 0 Å². The van der Waals surface area contributed by atoms with Crippen LogP contribution in [0, 0.1) is 11.3 Å². The number of rotatable bonds is 1. The van der Waals surface area contributed by atoms with Gasteiger partial charge in [-0.1, -0.05) is 11.2 Å². The maximum atomic E-state index is 9.97. The van der Waals surface area contributed by atoms with Gasteiger partial charge in [-0.15, -0.1) is 0 Å². The number of hydrogen-bond acceptors (Lipinski definition) is 3. The standard InChI is InChI=1S/C11H10N4O/c12-6-7-1-3-9-8(5-7)2-4-10(11(9)16)14-15-13/h1,3,5,10-11,16H,2,4H2/t10-,11+/m1/s1. The van der Waals surface area contributed by atoms with Crippen LogP contribution in [0.2, 0.25) is 0 Å². The predicted octanol–water partition coefficient (Wildman–Crippen LogP) is 2.22. The molecule has 5 nitrogen and oxygen atoms in total. The lowest BCUT2D eigenvalue weighted by Gasteiger charge is -2.26. The lowest BCUT2D eigenvalue weighted by molar-refractivity contribution is 0.134. The fraction of sp³-hybridized carbons (Fsp3) is 0.364. The summed E-state index contributed by atoms with van der Waals surface area (Å²) in [6.45, 7) is 0. The Morgan fingerprint density at radius 3 is 3.06 bits per heavy atom. The Hall–Kier alpha value is -2.02. The molecule has 0 aromatic heterocycles. The van der Waals surface area contributed by atoms with Crippen LogP contribution >= 0.6 is 0 Å². The maximum absolute atomic E-state index is 9.97. The highest BCUT2D eigenvalue weighted by atomic mass is 16.3. The van der Waals surface area contributed by atoms with E-state index < -0.39 is 12.1 Å². The Morgan fingerprint density at radius 1 is 1.56 bits per heavy atom. The minimum atomic E-state index is -0.757. The minimum absolute atomic E-state index is 0.398. The van der Waals surface area contributed by atoms with Crippen molar-refractivity contribution < 1.29 is 5.11 Å². The Kier molecular flexibility index (Phi) is 2.78. The van der Waals surface area contributed by atoms with Gasteiger partial charge in [0.15, 0.2) is 0 Å². The summed E-state index contributed by atoms with van der Waals surface area (Å²) in [6, 6.07) is 6.85. The molecule has 0 aliphatic heterocycles. The van der Waals surface area contributed by atoms with E-state index in [1.807, 2.05) is 0 Å². The largest absolute Gasteiger partial charge is 0.388 e. The summed E-state index contributed by atoms with van der Waals surface area (Å²) in [5.41, 5.74) is 10.7. The van der Waals surface area contributed by atoms with Gasteiger partial charge in [0.2, 0.25) is 0 Å². The zero-order chi connectivity index (χ0) is 11.5. The van der Waals surface area contributed by atoms with E-state index in [1.165, 1.54) is 0 Å². The topological polar surface area (TPSA) is 92.8 Å². The van der Waals surface area contributed by atoms with Gasteiger partial charge in [0.25, 0.3) is 0 Å². The van der Waals surface area contributed by atoms with Gasteiger partial charge in [-0.05, 0) is 41.6 Å². The summed E-state index contributed by atoms with van der Waals surface area (Å²) in [5.74, 6) is 0. The first-order valence-electron chi connectivity index (χ1n) is 5.01. The molecular formula is C11H10N4O. The number of fused-ring (bicyclic) bond motifs is 1. The van der Waals surface area contributed by atoms with Crippen LogP contribution in [0.25, 0.3) is 10.4 Å². The molecule has 0 spiro atoms. The number of aliphatic hydroxyl groups excluding tert-OH is 1. The van der Waals surface area contributed by atoms with Crippen molar-refractivity contribution in [2.24, 2.45) is 5.11 Å². The molecule has 2 atom stereocenters. The highest BCUT2D eigenvalue weighted by Gasteiger charge is 2.26. The Morgan fingerprint density at radius 2 is 2.38 bits per heavy atom. The first-order chi connectivity index (χ1) is 7.76. The highest BCUT2D eigenvalue weighted by molar-refractivity contribution is 5.41. The van der Waals surface area contributed by atoms with Crippen LogP contribution < -0.4 is 0 Å². The van der Waals surface area contributed by atoms with Gasteiger partial charge in [0, 0.05) is 4.91 Å². The zero-order valence-corrected chi connectivity index (χ0v) is 8.54. The van der Waals surface area contributed by atoms with E-state index in [0.29, 0.717) is 12.0 Å². The summed E-state index contributed by atoms with van der Waals surface area (Å²) in [4.78, 5) is 2.73. The maximum Gasteiger partial charge on any atom is 0.0991 e. The van der Waals surface area contributed by atoms with E-state index in [4.69, 9.17) is 10.8 Å². The monoisotopic (exact) mass is 214 g/mol. The molecule has 5 heteroatoms. The normalized spacial score (nSPS) is 22.8. The third-order valence-electron chi connectivity index (χ3n) is 2.86. The third kappa shape index (κ3) is 1.72. The fourth-order valence-corrected chi connectivity index (χ4v) is 2.04. The number of nitriles is 1. The van der Waals surface area contributed by atoms with Crippen LogP contribution in [0.3, 0.4) is 0 Å². The molecule has 1 aliphatic carbocycles. The molecule has 2 rings (SSSR count). The fourth-order valence-electron chi connectivity index (χ4n) is 2.04. The molecular weight excluding hydrogens is 204 g/mol. The van der Waals surface area contributed by atoms with Gasteiger partial charge >= 0.3 is 0 Å². The minimum Gasteiger partial charge on any atom is -0.388 e.